The van der Waals surface area contributed by atoms with Crippen LogP contribution in [-0.4, -0.2) is 55.4 Å². The average molecular weight is 395 g/mol. The fourth-order valence-electron chi connectivity index (χ4n) is 2.77. The molecule has 0 spiro atoms. The molecule has 0 aliphatic carbocycles. The molecule has 0 bridgehead atoms. The Labute approximate surface area is 167 Å². The molecule has 0 radical (unpaired) electrons. The second kappa shape index (κ2) is 9.83. The Hall–Kier alpha value is -1.95. The molecule has 1 fully saturated rings. The number of carbonyl (C=O) groups excluding carboxylic acids is 2. The molecule has 0 atom stereocenters. The van der Waals surface area contributed by atoms with Crippen molar-refractivity contribution in [2.24, 2.45) is 5.41 Å². The summed E-state index contributed by atoms with van der Waals surface area (Å²) in [5.74, 6) is 0.181. The van der Waals surface area contributed by atoms with E-state index >= 15 is 0 Å². The molecule has 0 saturated carbocycles. The third kappa shape index (κ3) is 6.03. The van der Waals surface area contributed by atoms with E-state index in [4.69, 9.17) is 11.6 Å². The lowest BCUT2D eigenvalue weighted by Crippen LogP contribution is -2.52. The number of nitrogens with one attached hydrogen (secondary N) is 2. The van der Waals surface area contributed by atoms with E-state index in [1.54, 1.807) is 0 Å². The fraction of sp³-hybridized carbons (Fsp3) is 0.600. The first-order valence-corrected chi connectivity index (χ1v) is 10.2. The van der Waals surface area contributed by atoms with Gasteiger partial charge < -0.3 is 20.4 Å². The number of nitrogens with zero attached hydrogens (tertiary/aromatic N) is 2. The molecule has 6 nitrogen and oxygen atoms in total. The molecule has 27 heavy (non-hydrogen) atoms. The summed E-state index contributed by atoms with van der Waals surface area (Å²) < 4.78 is 0. The van der Waals surface area contributed by atoms with Crippen molar-refractivity contribution in [3.05, 3.63) is 24.3 Å². The zero-order chi connectivity index (χ0) is 19.9. The lowest BCUT2D eigenvalue weighted by Gasteiger charge is -2.36. The van der Waals surface area contributed by atoms with Gasteiger partial charge in [0.15, 0.2) is 0 Å². The van der Waals surface area contributed by atoms with Crippen LogP contribution in [0.1, 0.15) is 33.6 Å². The van der Waals surface area contributed by atoms with E-state index in [-0.39, 0.29) is 17.8 Å². The summed E-state index contributed by atoms with van der Waals surface area (Å²) >= 11 is 5.85. The predicted molar refractivity (Wildman–Crippen MR) is 112 cm³/mol. The van der Waals surface area contributed by atoms with Crippen molar-refractivity contribution in [3.63, 3.8) is 0 Å². The number of urea groups is 1. The maximum atomic E-state index is 12.2. The molecule has 1 aromatic rings. The highest BCUT2D eigenvalue weighted by atomic mass is 35.5. The number of benzene rings is 1. The molecule has 1 aliphatic heterocycles. The Balaban J connectivity index is 1.84. The molecule has 7 heteroatoms. The molecular weight excluding hydrogens is 364 g/mol. The minimum atomic E-state index is -0.603. The number of halogens is 1. The van der Waals surface area contributed by atoms with Crippen LogP contribution in [0.2, 0.25) is 0 Å². The van der Waals surface area contributed by atoms with E-state index in [1.165, 1.54) is 0 Å². The van der Waals surface area contributed by atoms with E-state index < -0.39 is 5.41 Å². The van der Waals surface area contributed by atoms with Crippen molar-refractivity contribution in [2.45, 2.75) is 33.6 Å². The maximum absolute atomic E-state index is 12.2. The van der Waals surface area contributed by atoms with E-state index in [1.807, 2.05) is 43.0 Å². The van der Waals surface area contributed by atoms with Gasteiger partial charge in [-0.3, -0.25) is 4.79 Å². The molecule has 1 heterocycles. The normalized spacial score (nSPS) is 14.8. The zero-order valence-corrected chi connectivity index (χ0v) is 17.3. The summed E-state index contributed by atoms with van der Waals surface area (Å²) in [7, 11) is 0. The Morgan fingerprint density at radius 3 is 2.30 bits per heavy atom. The molecule has 1 aliphatic rings. The van der Waals surface area contributed by atoms with Gasteiger partial charge >= 0.3 is 6.03 Å². The topological polar surface area (TPSA) is 64.7 Å². The van der Waals surface area contributed by atoms with Crippen LogP contribution < -0.4 is 15.5 Å². The smallest absolute Gasteiger partial charge is 0.317 e. The Kier molecular flexibility index (Phi) is 7.78. The van der Waals surface area contributed by atoms with Gasteiger partial charge in [0.1, 0.15) is 0 Å². The molecule has 0 aromatic heterocycles. The van der Waals surface area contributed by atoms with Crippen LogP contribution in [0.15, 0.2) is 24.3 Å². The van der Waals surface area contributed by atoms with Crippen molar-refractivity contribution in [1.82, 2.24) is 10.2 Å². The first kappa shape index (κ1) is 21.4. The first-order valence-electron chi connectivity index (χ1n) is 9.62. The minimum Gasteiger partial charge on any atom is -0.368 e. The number of carbonyl (C=O) groups is 2. The number of unbranched alkanes of at least 4 members (excludes halogenated alkanes) is 1. The number of anilines is 2. The van der Waals surface area contributed by atoms with Gasteiger partial charge in [0.05, 0.1) is 5.41 Å². The summed E-state index contributed by atoms with van der Waals surface area (Å²) in [4.78, 5) is 28.4. The summed E-state index contributed by atoms with van der Waals surface area (Å²) in [6, 6.07) is 7.84. The van der Waals surface area contributed by atoms with Crippen LogP contribution in [0.25, 0.3) is 0 Å². The van der Waals surface area contributed by atoms with Crippen molar-refractivity contribution in [2.75, 3.05) is 48.8 Å². The summed E-state index contributed by atoms with van der Waals surface area (Å²) in [6.45, 7) is 9.51. The van der Waals surface area contributed by atoms with Crippen LogP contribution in [0.5, 0.6) is 0 Å². The zero-order valence-electron chi connectivity index (χ0n) is 16.6. The van der Waals surface area contributed by atoms with Crippen molar-refractivity contribution < 1.29 is 9.59 Å². The van der Waals surface area contributed by atoms with Crippen LogP contribution in [0.3, 0.4) is 0 Å². The molecule has 1 saturated heterocycles. The van der Waals surface area contributed by atoms with Crippen LogP contribution in [0.4, 0.5) is 16.2 Å². The number of amides is 3. The van der Waals surface area contributed by atoms with Gasteiger partial charge in [-0.15, -0.1) is 11.6 Å². The van der Waals surface area contributed by atoms with Gasteiger partial charge in [0.25, 0.3) is 0 Å². The van der Waals surface area contributed by atoms with Crippen molar-refractivity contribution in [3.8, 4) is 0 Å². The van der Waals surface area contributed by atoms with E-state index in [0.29, 0.717) is 13.1 Å². The number of hydrogen-bond donors (Lipinski definition) is 2. The van der Waals surface area contributed by atoms with Crippen LogP contribution in [-0.2, 0) is 4.79 Å². The fourth-order valence-corrected chi connectivity index (χ4v) is 2.89. The number of alkyl halides is 1. The minimum absolute atomic E-state index is 0.0306. The number of rotatable bonds is 7. The molecule has 1 aromatic carbocycles. The SMILES string of the molecule is CCCCNC(=O)N1CCN(c2ccc(NC(=O)C(C)(C)CCl)cc2)CC1. The highest BCUT2D eigenvalue weighted by Gasteiger charge is 2.26. The summed E-state index contributed by atoms with van der Waals surface area (Å²) in [6.07, 6.45) is 2.09. The standard InChI is InChI=1S/C20H31ClN4O2/c1-4-5-10-22-19(27)25-13-11-24(12-14-25)17-8-6-16(7-9-17)23-18(26)20(2,3)15-21/h6-9H,4-5,10-15H2,1-3H3,(H,22,27)(H,23,26). The molecule has 2 rings (SSSR count). The van der Waals surface area contributed by atoms with Gasteiger partial charge in [-0.2, -0.15) is 0 Å². The van der Waals surface area contributed by atoms with Crippen LogP contribution >= 0.6 is 11.6 Å². The lowest BCUT2D eigenvalue weighted by molar-refractivity contribution is -0.122. The van der Waals surface area contributed by atoms with Gasteiger partial charge in [-0.05, 0) is 44.5 Å². The molecule has 2 N–H and O–H groups in total. The van der Waals surface area contributed by atoms with E-state index in [2.05, 4.69) is 22.5 Å². The van der Waals surface area contributed by atoms with Crippen molar-refractivity contribution >= 4 is 34.9 Å². The second-order valence-electron chi connectivity index (χ2n) is 7.58. The highest BCUT2D eigenvalue weighted by Crippen LogP contribution is 2.23. The number of hydrogen-bond acceptors (Lipinski definition) is 3. The second-order valence-corrected chi connectivity index (χ2v) is 7.85. The van der Waals surface area contributed by atoms with E-state index in [9.17, 15) is 9.59 Å². The van der Waals surface area contributed by atoms with Crippen molar-refractivity contribution in [1.29, 1.82) is 0 Å². The van der Waals surface area contributed by atoms with E-state index in [0.717, 1.165) is 43.9 Å². The molecule has 3 amide bonds. The highest BCUT2D eigenvalue weighted by molar-refractivity contribution is 6.20. The Morgan fingerprint density at radius 1 is 1.11 bits per heavy atom. The predicted octanol–water partition coefficient (Wildman–Crippen LogP) is 3.52. The average Bonchev–Trinajstić information content (AvgIpc) is 2.68. The van der Waals surface area contributed by atoms with Gasteiger partial charge in [0, 0.05) is 50.0 Å². The third-order valence-corrected chi connectivity index (χ3v) is 5.48. The van der Waals surface area contributed by atoms with Gasteiger partial charge in [-0.1, -0.05) is 13.3 Å². The lowest BCUT2D eigenvalue weighted by atomic mass is 9.95. The first-order chi connectivity index (χ1) is 12.9. The Morgan fingerprint density at radius 2 is 1.74 bits per heavy atom. The van der Waals surface area contributed by atoms with Gasteiger partial charge in [0.2, 0.25) is 5.91 Å². The largest absolute Gasteiger partial charge is 0.368 e. The summed E-state index contributed by atoms with van der Waals surface area (Å²) in [5.41, 5.74) is 1.25. The monoisotopic (exact) mass is 394 g/mol. The molecule has 150 valence electrons. The number of piperazine rings is 1. The van der Waals surface area contributed by atoms with Crippen LogP contribution in [0, 0.1) is 5.41 Å². The third-order valence-electron chi connectivity index (χ3n) is 4.81. The molecular formula is C20H31ClN4O2. The Bertz CT molecular complexity index is 625. The maximum Gasteiger partial charge on any atom is 0.317 e. The van der Waals surface area contributed by atoms with Gasteiger partial charge in [-0.25, -0.2) is 4.79 Å². The summed E-state index contributed by atoms with van der Waals surface area (Å²) in [5, 5.41) is 5.88. The quantitative estimate of drug-likeness (QED) is 0.549. The molecule has 0 unspecified atom stereocenters.